The predicted octanol–water partition coefficient (Wildman–Crippen LogP) is 5.78. The highest BCUT2D eigenvalue weighted by Crippen LogP contribution is 2.46. The molecular weight excluding hydrogens is 540 g/mol. The second-order valence-corrected chi connectivity index (χ2v) is 10.3. The number of thiol groups is 1. The first-order valence-electron chi connectivity index (χ1n) is 13.1. The van der Waals surface area contributed by atoms with Gasteiger partial charge in [0.15, 0.2) is 17.1 Å². The van der Waals surface area contributed by atoms with Crippen molar-refractivity contribution in [3.63, 3.8) is 0 Å². The summed E-state index contributed by atoms with van der Waals surface area (Å²) in [7, 11) is 0. The van der Waals surface area contributed by atoms with Crippen LogP contribution in [0.25, 0.3) is 0 Å². The topological polar surface area (TPSA) is 88.1 Å². The average Bonchev–Trinajstić information content (AvgIpc) is 3.28. The fraction of sp³-hybridized carbons (Fsp3) is 0.182. The van der Waals surface area contributed by atoms with Crippen molar-refractivity contribution in [2.24, 2.45) is 0 Å². The maximum Gasteiger partial charge on any atom is 0.338 e. The molecule has 0 N–H and O–H groups in total. The molecule has 0 aromatic heterocycles. The lowest BCUT2D eigenvalue weighted by Crippen LogP contribution is -2.44. The Labute approximate surface area is 243 Å². The van der Waals surface area contributed by atoms with E-state index in [2.05, 4.69) is 0 Å². The van der Waals surface area contributed by atoms with E-state index < -0.39 is 41.2 Å². The van der Waals surface area contributed by atoms with Gasteiger partial charge in [0.25, 0.3) is 0 Å². The largest absolute Gasteiger partial charge is 0.459 e. The summed E-state index contributed by atoms with van der Waals surface area (Å²) in [6.45, 7) is 1.63. The van der Waals surface area contributed by atoms with Crippen molar-refractivity contribution in [3.05, 3.63) is 143 Å². The van der Waals surface area contributed by atoms with Crippen molar-refractivity contribution in [3.8, 4) is 0 Å². The lowest BCUT2D eigenvalue weighted by Gasteiger charge is -2.31. The Morgan fingerprint density at radius 3 is 1.76 bits per heavy atom. The summed E-state index contributed by atoms with van der Waals surface area (Å²) in [6, 6.07) is 32.8. The molecule has 4 aromatic carbocycles. The Balaban J connectivity index is 1.49. The van der Waals surface area contributed by atoms with Crippen molar-refractivity contribution >= 4 is 30.5 Å². The zero-order valence-electron chi connectivity index (χ0n) is 22.2. The van der Waals surface area contributed by atoms with Gasteiger partial charge in [-0.3, -0.25) is 0 Å². The van der Waals surface area contributed by atoms with Crippen LogP contribution in [0.5, 0.6) is 0 Å². The highest BCUT2D eigenvalue weighted by molar-refractivity contribution is 7.81. The summed E-state index contributed by atoms with van der Waals surface area (Å²) in [4.78, 5) is 37.8. The van der Waals surface area contributed by atoms with Gasteiger partial charge in [0.05, 0.1) is 16.7 Å². The first kappa shape index (κ1) is 28.1. The van der Waals surface area contributed by atoms with E-state index in [0.717, 1.165) is 5.56 Å². The van der Waals surface area contributed by atoms with Gasteiger partial charge < -0.3 is 18.9 Å². The van der Waals surface area contributed by atoms with Crippen molar-refractivity contribution in [1.29, 1.82) is 0 Å². The number of carbonyl (C=O) groups excluding carboxylic acids is 3. The zero-order valence-corrected chi connectivity index (χ0v) is 23.1. The normalized spacial score (nSPS) is 21.6. The van der Waals surface area contributed by atoms with Gasteiger partial charge in [0.2, 0.25) is 0 Å². The second-order valence-electron chi connectivity index (χ2n) is 9.61. The summed E-state index contributed by atoms with van der Waals surface area (Å²) in [6.07, 6.45) is -3.38. The van der Waals surface area contributed by atoms with Crippen LogP contribution in [0.3, 0.4) is 0 Å². The lowest BCUT2D eigenvalue weighted by molar-refractivity contribution is -0.0510. The number of carbonyl (C=O) groups is 3. The van der Waals surface area contributed by atoms with Gasteiger partial charge in [0.1, 0.15) is 12.7 Å². The molecule has 1 unspecified atom stereocenters. The first-order chi connectivity index (χ1) is 19.8. The van der Waals surface area contributed by atoms with Crippen molar-refractivity contribution in [2.45, 2.75) is 30.2 Å². The molecule has 1 aliphatic heterocycles. The van der Waals surface area contributed by atoms with Crippen molar-refractivity contribution < 1.29 is 33.3 Å². The van der Waals surface area contributed by atoms with Crippen LogP contribution >= 0.6 is 12.6 Å². The Morgan fingerprint density at radius 2 is 1.17 bits per heavy atom. The Morgan fingerprint density at radius 1 is 0.683 bits per heavy atom. The van der Waals surface area contributed by atoms with Crippen molar-refractivity contribution in [1.82, 2.24) is 0 Å². The van der Waals surface area contributed by atoms with Crippen LogP contribution in [0.1, 0.15) is 42.2 Å². The van der Waals surface area contributed by atoms with E-state index in [4.69, 9.17) is 31.6 Å². The predicted molar refractivity (Wildman–Crippen MR) is 155 cm³/mol. The summed E-state index contributed by atoms with van der Waals surface area (Å²) in [5.74, 6) is -1.87. The zero-order chi connectivity index (χ0) is 28.8. The molecule has 0 aliphatic carbocycles. The molecule has 41 heavy (non-hydrogen) atoms. The number of esters is 3. The maximum absolute atomic E-state index is 13.4. The third-order valence-corrected chi connectivity index (χ3v) is 7.35. The number of hydrogen-bond acceptors (Lipinski definition) is 8. The highest BCUT2D eigenvalue weighted by Gasteiger charge is 2.59. The molecule has 4 atom stereocenters. The molecule has 1 fully saturated rings. The van der Waals surface area contributed by atoms with E-state index >= 15 is 0 Å². The van der Waals surface area contributed by atoms with E-state index in [-0.39, 0.29) is 6.61 Å². The van der Waals surface area contributed by atoms with Gasteiger partial charge in [-0.15, -0.1) is 12.6 Å². The van der Waals surface area contributed by atoms with Gasteiger partial charge in [-0.05, 0) is 48.9 Å². The Bertz CT molecular complexity index is 1490. The van der Waals surface area contributed by atoms with E-state index in [0.29, 0.717) is 22.3 Å². The fourth-order valence-corrected chi connectivity index (χ4v) is 5.04. The summed E-state index contributed by atoms with van der Waals surface area (Å²) < 4.78 is 23.9. The fourth-order valence-electron chi connectivity index (χ4n) is 4.56. The maximum atomic E-state index is 13.4. The number of aryl methyl sites for hydroxylation is 1. The van der Waals surface area contributed by atoms with Crippen LogP contribution < -0.4 is 0 Å². The standard InChI is InChI=1S/C33H28O7S/c1-22-17-19-25(20-18-22)32(36)39-29-28(38-31(35)24-13-7-3-8-14-24)27(21-37-30(34)23-11-5-2-6-12-23)40-33(29,41)26-15-9-4-10-16-26/h2-20,27-29,41H,21H2,1H3/t27-,28-,29-,33?/m1/s1. The molecule has 208 valence electrons. The minimum atomic E-state index is -1.53. The smallest absolute Gasteiger partial charge is 0.338 e. The van der Waals surface area contributed by atoms with Gasteiger partial charge in [-0.2, -0.15) is 0 Å². The minimum absolute atomic E-state index is 0.284. The van der Waals surface area contributed by atoms with Gasteiger partial charge in [-0.1, -0.05) is 84.4 Å². The van der Waals surface area contributed by atoms with Crippen LogP contribution in [0.15, 0.2) is 115 Å². The quantitative estimate of drug-likeness (QED) is 0.164. The van der Waals surface area contributed by atoms with E-state index in [1.54, 1.807) is 109 Å². The molecule has 0 saturated carbocycles. The van der Waals surface area contributed by atoms with Gasteiger partial charge in [-0.25, -0.2) is 14.4 Å². The summed E-state index contributed by atoms with van der Waals surface area (Å²) >= 11 is 4.88. The van der Waals surface area contributed by atoms with E-state index in [1.807, 2.05) is 13.0 Å². The van der Waals surface area contributed by atoms with Crippen LogP contribution in [0.4, 0.5) is 0 Å². The first-order valence-corrected chi connectivity index (χ1v) is 13.5. The van der Waals surface area contributed by atoms with Gasteiger partial charge in [0, 0.05) is 0 Å². The summed E-state index contributed by atoms with van der Waals surface area (Å²) in [5, 5.41) is 0. The molecular formula is C33H28O7S. The van der Waals surface area contributed by atoms with Crippen LogP contribution in [0.2, 0.25) is 0 Å². The van der Waals surface area contributed by atoms with Crippen LogP contribution in [-0.4, -0.2) is 42.8 Å². The highest BCUT2D eigenvalue weighted by atomic mass is 32.1. The second kappa shape index (κ2) is 12.4. The summed E-state index contributed by atoms with van der Waals surface area (Å²) in [5.41, 5.74) is 2.51. The molecule has 1 saturated heterocycles. The van der Waals surface area contributed by atoms with Crippen LogP contribution in [-0.2, 0) is 23.9 Å². The molecule has 4 aromatic rings. The molecule has 0 amide bonds. The van der Waals surface area contributed by atoms with Crippen LogP contribution in [0, 0.1) is 6.92 Å². The monoisotopic (exact) mass is 568 g/mol. The molecule has 8 heteroatoms. The van der Waals surface area contributed by atoms with E-state index in [9.17, 15) is 14.4 Å². The molecule has 1 heterocycles. The number of hydrogen-bond donors (Lipinski definition) is 1. The van der Waals surface area contributed by atoms with E-state index in [1.165, 1.54) is 0 Å². The average molecular weight is 569 g/mol. The molecule has 7 nitrogen and oxygen atoms in total. The molecule has 1 aliphatic rings. The number of rotatable bonds is 8. The number of benzene rings is 4. The molecule has 0 spiro atoms. The van der Waals surface area contributed by atoms with Gasteiger partial charge >= 0.3 is 17.9 Å². The third kappa shape index (κ3) is 6.34. The third-order valence-electron chi connectivity index (χ3n) is 6.73. The number of ether oxygens (including phenoxy) is 4. The molecule has 5 rings (SSSR count). The Hall–Kier alpha value is -4.40. The lowest BCUT2D eigenvalue weighted by atomic mass is 10.00. The van der Waals surface area contributed by atoms with Crippen molar-refractivity contribution in [2.75, 3.05) is 6.61 Å². The SMILES string of the molecule is Cc1ccc(C(=O)O[C@@H]2[C@H](OC(=O)c3ccccc3)[C@@H](COC(=O)c3ccccc3)OC2(S)c2ccccc2)cc1. The minimum Gasteiger partial charge on any atom is -0.459 e. The Kier molecular flexibility index (Phi) is 8.52. The molecule has 0 bridgehead atoms. The molecule has 0 radical (unpaired) electrons.